The minimum atomic E-state index is -0.316. The molecule has 10 nitrogen and oxygen atoms in total. The number of anilines is 2. The Hall–Kier alpha value is -4.86. The number of phenolic OH excluding ortho intramolecular Hbond substituents is 1. The van der Waals surface area contributed by atoms with E-state index in [1.165, 1.54) is 5.01 Å². The lowest BCUT2D eigenvalue weighted by Crippen LogP contribution is -2.28. The van der Waals surface area contributed by atoms with Gasteiger partial charge in [-0.05, 0) is 71.7 Å². The first-order valence-electron chi connectivity index (χ1n) is 12.0. The van der Waals surface area contributed by atoms with E-state index in [0.717, 1.165) is 28.7 Å². The molecule has 1 aromatic heterocycles. The van der Waals surface area contributed by atoms with Gasteiger partial charge in [-0.15, -0.1) is 5.10 Å². The number of tetrazole rings is 1. The molecule has 0 saturated heterocycles. The number of para-hydroxylation sites is 1. The molecule has 0 aliphatic carbocycles. The second-order valence-corrected chi connectivity index (χ2v) is 8.79. The number of aromatic hydroxyl groups is 1. The molecule has 0 radical (unpaired) electrons. The number of nitrogens with zero attached hydrogens (tertiary/aromatic N) is 6. The lowest BCUT2D eigenvalue weighted by Gasteiger charge is -2.13. The van der Waals surface area contributed by atoms with Gasteiger partial charge in [-0.25, -0.2) is 5.10 Å². The van der Waals surface area contributed by atoms with Gasteiger partial charge in [-0.1, -0.05) is 49.7 Å². The number of hydrogen-bond acceptors (Lipinski definition) is 8. The molecule has 0 bridgehead atoms. The molecule has 0 unspecified atom stereocenters. The van der Waals surface area contributed by atoms with Crippen LogP contribution >= 0.6 is 0 Å². The van der Waals surface area contributed by atoms with Crippen LogP contribution in [0.1, 0.15) is 30.9 Å². The number of phenols is 1. The maximum Gasteiger partial charge on any atom is 0.301 e. The summed E-state index contributed by atoms with van der Waals surface area (Å²) >= 11 is 0. The van der Waals surface area contributed by atoms with Crippen LogP contribution in [0.25, 0.3) is 22.5 Å². The Morgan fingerprint density at radius 2 is 1.84 bits per heavy atom. The summed E-state index contributed by atoms with van der Waals surface area (Å²) in [7, 11) is 0. The topological polar surface area (TPSA) is 132 Å². The molecule has 186 valence electrons. The summed E-state index contributed by atoms with van der Waals surface area (Å²) < 4.78 is 0. The second kappa shape index (κ2) is 10.0. The van der Waals surface area contributed by atoms with Crippen LogP contribution < -0.4 is 10.4 Å². The van der Waals surface area contributed by atoms with Crippen molar-refractivity contribution in [3.05, 3.63) is 71.8 Å². The highest BCUT2D eigenvalue weighted by atomic mass is 16.3. The van der Waals surface area contributed by atoms with Crippen LogP contribution in [0, 0.1) is 13.8 Å². The molecule has 5 rings (SSSR count). The van der Waals surface area contributed by atoms with Gasteiger partial charge in [0.1, 0.15) is 5.75 Å². The van der Waals surface area contributed by atoms with Crippen LogP contribution in [0.15, 0.2) is 70.9 Å². The normalized spacial score (nSPS) is 14.4. The minimum absolute atomic E-state index is 0.00476. The number of nitrogens with one attached hydrogen (secondary N) is 2. The van der Waals surface area contributed by atoms with Crippen LogP contribution in [0.4, 0.5) is 11.4 Å². The zero-order valence-corrected chi connectivity index (χ0v) is 20.7. The fourth-order valence-corrected chi connectivity index (χ4v) is 4.09. The number of rotatable bonds is 7. The van der Waals surface area contributed by atoms with E-state index in [-0.39, 0.29) is 17.4 Å². The third-order valence-corrected chi connectivity index (χ3v) is 6.23. The van der Waals surface area contributed by atoms with Gasteiger partial charge >= 0.3 is 5.91 Å². The van der Waals surface area contributed by atoms with Gasteiger partial charge in [0.2, 0.25) is 0 Å². The van der Waals surface area contributed by atoms with Gasteiger partial charge in [0.15, 0.2) is 11.5 Å². The number of hydrazone groups is 2. The molecule has 37 heavy (non-hydrogen) atoms. The zero-order chi connectivity index (χ0) is 25.9. The van der Waals surface area contributed by atoms with Crippen molar-refractivity contribution < 1.29 is 9.90 Å². The summed E-state index contributed by atoms with van der Waals surface area (Å²) in [5.74, 6) is 0.214. The van der Waals surface area contributed by atoms with Crippen LogP contribution in [0.2, 0.25) is 0 Å². The molecule has 1 amide bonds. The first-order valence-corrected chi connectivity index (χ1v) is 12.0. The zero-order valence-electron chi connectivity index (χ0n) is 20.7. The van der Waals surface area contributed by atoms with Gasteiger partial charge in [0.25, 0.3) is 0 Å². The van der Waals surface area contributed by atoms with E-state index in [4.69, 9.17) is 0 Å². The van der Waals surface area contributed by atoms with Crippen LogP contribution in [0.3, 0.4) is 0 Å². The molecular formula is C27H26N8O2. The SMILES string of the molecule is CCCC1=NN(c2ccc(C)c(C)c2)C(=O)/C1=N\Nc1cccc(-c2cccc(-c3nnn[nH]3)c2)c1O. The molecule has 4 aromatic rings. The number of carbonyl (C=O) groups excluding carboxylic acids is 1. The van der Waals surface area contributed by atoms with Crippen molar-refractivity contribution in [2.24, 2.45) is 10.2 Å². The number of benzene rings is 3. The van der Waals surface area contributed by atoms with E-state index in [2.05, 4.69) is 36.3 Å². The molecule has 0 atom stereocenters. The lowest BCUT2D eigenvalue weighted by molar-refractivity contribution is -0.112. The van der Waals surface area contributed by atoms with E-state index >= 15 is 0 Å². The average Bonchev–Trinajstić information content (AvgIpc) is 3.54. The van der Waals surface area contributed by atoms with Crippen molar-refractivity contribution in [3.8, 4) is 28.3 Å². The summed E-state index contributed by atoms with van der Waals surface area (Å²) in [5.41, 5.74) is 9.14. The summed E-state index contributed by atoms with van der Waals surface area (Å²) in [5, 5.41) is 35.3. The third kappa shape index (κ3) is 4.68. The van der Waals surface area contributed by atoms with Gasteiger partial charge in [0, 0.05) is 11.1 Å². The number of aromatic amines is 1. The van der Waals surface area contributed by atoms with E-state index in [0.29, 0.717) is 34.9 Å². The number of carbonyl (C=O) groups is 1. The third-order valence-electron chi connectivity index (χ3n) is 6.23. The molecule has 10 heteroatoms. The van der Waals surface area contributed by atoms with Crippen molar-refractivity contribution >= 4 is 28.7 Å². The van der Waals surface area contributed by atoms with E-state index in [9.17, 15) is 9.90 Å². The minimum Gasteiger partial charge on any atom is -0.505 e. The second-order valence-electron chi connectivity index (χ2n) is 8.79. The molecule has 0 spiro atoms. The predicted molar refractivity (Wildman–Crippen MR) is 144 cm³/mol. The van der Waals surface area contributed by atoms with Gasteiger partial charge in [-0.2, -0.15) is 15.2 Å². The summed E-state index contributed by atoms with van der Waals surface area (Å²) in [4.78, 5) is 13.3. The Balaban J connectivity index is 1.44. The smallest absolute Gasteiger partial charge is 0.301 e. The number of amides is 1. The van der Waals surface area contributed by atoms with Crippen LogP contribution in [0.5, 0.6) is 5.75 Å². The fraction of sp³-hybridized carbons (Fsp3) is 0.185. The largest absolute Gasteiger partial charge is 0.505 e. The Morgan fingerprint density at radius 3 is 2.59 bits per heavy atom. The first kappa shape index (κ1) is 23.9. The molecule has 1 aliphatic rings. The molecule has 1 aliphatic heterocycles. The summed E-state index contributed by atoms with van der Waals surface area (Å²) in [6.07, 6.45) is 1.41. The van der Waals surface area contributed by atoms with Gasteiger partial charge < -0.3 is 5.11 Å². The van der Waals surface area contributed by atoms with Crippen molar-refractivity contribution in [3.63, 3.8) is 0 Å². The van der Waals surface area contributed by atoms with Crippen molar-refractivity contribution in [1.82, 2.24) is 20.6 Å². The van der Waals surface area contributed by atoms with Gasteiger partial charge in [0.05, 0.1) is 17.1 Å². The predicted octanol–water partition coefficient (Wildman–Crippen LogP) is 4.83. The lowest BCUT2D eigenvalue weighted by atomic mass is 10.0. The van der Waals surface area contributed by atoms with E-state index < -0.39 is 0 Å². The van der Waals surface area contributed by atoms with Gasteiger partial charge in [-0.3, -0.25) is 10.2 Å². The molecule has 3 N–H and O–H groups in total. The fourth-order valence-electron chi connectivity index (χ4n) is 4.09. The average molecular weight is 495 g/mol. The summed E-state index contributed by atoms with van der Waals surface area (Å²) in [6.45, 7) is 6.05. The Bertz CT molecular complexity index is 1530. The highest BCUT2D eigenvalue weighted by molar-refractivity contribution is 6.71. The van der Waals surface area contributed by atoms with Crippen molar-refractivity contribution in [2.45, 2.75) is 33.6 Å². The molecule has 2 heterocycles. The highest BCUT2D eigenvalue weighted by Gasteiger charge is 2.33. The monoisotopic (exact) mass is 494 g/mol. The maximum absolute atomic E-state index is 13.3. The van der Waals surface area contributed by atoms with Crippen molar-refractivity contribution in [1.29, 1.82) is 0 Å². The number of hydrogen-bond donors (Lipinski definition) is 3. The summed E-state index contributed by atoms with van der Waals surface area (Å²) in [6, 6.07) is 18.6. The Kier molecular flexibility index (Phi) is 6.46. The Labute approximate surface area is 213 Å². The van der Waals surface area contributed by atoms with Crippen LogP contribution in [-0.2, 0) is 4.79 Å². The van der Waals surface area contributed by atoms with E-state index in [1.54, 1.807) is 18.2 Å². The standard InChI is InChI=1S/C27H26N8O2/c1-4-7-22-24(27(37)35(32-22)20-13-12-16(2)17(3)14-20)29-28-23-11-6-10-21(25(23)36)18-8-5-9-19(15-18)26-30-33-34-31-26/h5-6,8-15,28,36H,4,7H2,1-3H3,(H,30,31,33,34)/b29-24-. The van der Waals surface area contributed by atoms with Crippen molar-refractivity contribution in [2.75, 3.05) is 10.4 Å². The molecule has 0 saturated carbocycles. The first-order chi connectivity index (χ1) is 18.0. The molecule has 0 fully saturated rings. The Morgan fingerprint density at radius 1 is 1.03 bits per heavy atom. The van der Waals surface area contributed by atoms with Crippen LogP contribution in [-0.4, -0.2) is 43.1 Å². The quantitative estimate of drug-likeness (QED) is 0.249. The van der Waals surface area contributed by atoms with E-state index in [1.807, 2.05) is 63.2 Å². The highest BCUT2D eigenvalue weighted by Crippen LogP contribution is 2.36. The number of aryl methyl sites for hydroxylation is 2. The maximum atomic E-state index is 13.3. The molecular weight excluding hydrogens is 468 g/mol. The number of aromatic nitrogens is 4. The molecule has 3 aromatic carbocycles. The number of H-pyrrole nitrogens is 1.